The summed E-state index contributed by atoms with van der Waals surface area (Å²) in [7, 11) is 1.54. The molecule has 0 radical (unpaired) electrons. The summed E-state index contributed by atoms with van der Waals surface area (Å²) >= 11 is 11.9. The van der Waals surface area contributed by atoms with Crippen LogP contribution in [0.25, 0.3) is 0 Å². The number of hydrogen-bond donors (Lipinski definition) is 1. The normalized spacial score (nSPS) is 10.8. The zero-order valence-electron chi connectivity index (χ0n) is 11.2. The van der Waals surface area contributed by atoms with Gasteiger partial charge in [0.25, 0.3) is 0 Å². The van der Waals surface area contributed by atoms with E-state index < -0.39 is 0 Å². The fraction of sp³-hybridized carbons (Fsp3) is 0.133. The molecule has 4 nitrogen and oxygen atoms in total. The van der Waals surface area contributed by atoms with Crippen molar-refractivity contribution in [2.45, 2.75) is 6.61 Å². The third-order valence-corrected chi connectivity index (χ3v) is 3.38. The molecule has 0 unspecified atom stereocenters. The van der Waals surface area contributed by atoms with E-state index in [-0.39, 0.29) is 0 Å². The molecular weight excluding hydrogens is 313 g/mol. The second-order valence-electron chi connectivity index (χ2n) is 4.18. The lowest BCUT2D eigenvalue weighted by Crippen LogP contribution is -1.99. The Kier molecular flexibility index (Phi) is 5.31. The molecule has 0 saturated carbocycles. The van der Waals surface area contributed by atoms with Crippen LogP contribution >= 0.6 is 23.2 Å². The van der Waals surface area contributed by atoms with Crippen molar-refractivity contribution in [1.29, 1.82) is 0 Å². The Morgan fingerprint density at radius 2 is 1.95 bits per heavy atom. The van der Waals surface area contributed by atoms with Gasteiger partial charge >= 0.3 is 0 Å². The summed E-state index contributed by atoms with van der Waals surface area (Å²) in [4.78, 5) is 0. The molecule has 0 atom stereocenters. The van der Waals surface area contributed by atoms with E-state index in [0.717, 1.165) is 5.56 Å². The molecular formula is C15H13Cl2NO3. The van der Waals surface area contributed by atoms with E-state index in [1.807, 2.05) is 6.07 Å². The van der Waals surface area contributed by atoms with Gasteiger partial charge in [-0.1, -0.05) is 34.4 Å². The fourth-order valence-electron chi connectivity index (χ4n) is 1.74. The average molecular weight is 326 g/mol. The molecule has 6 heteroatoms. The molecule has 0 spiro atoms. The largest absolute Gasteiger partial charge is 0.493 e. The van der Waals surface area contributed by atoms with Crippen molar-refractivity contribution in [3.63, 3.8) is 0 Å². The number of halogens is 2. The second kappa shape index (κ2) is 7.20. The van der Waals surface area contributed by atoms with Crippen LogP contribution < -0.4 is 9.47 Å². The molecule has 110 valence electrons. The Bertz CT molecular complexity index is 659. The first-order valence-corrected chi connectivity index (χ1v) is 6.82. The van der Waals surface area contributed by atoms with Gasteiger partial charge in [0, 0.05) is 21.2 Å². The van der Waals surface area contributed by atoms with Gasteiger partial charge < -0.3 is 14.7 Å². The Morgan fingerprint density at radius 3 is 2.62 bits per heavy atom. The molecule has 0 amide bonds. The highest BCUT2D eigenvalue weighted by Crippen LogP contribution is 2.29. The Labute approximate surface area is 132 Å². The first-order valence-electron chi connectivity index (χ1n) is 6.06. The van der Waals surface area contributed by atoms with Gasteiger partial charge in [-0.15, -0.1) is 0 Å². The first kappa shape index (κ1) is 15.5. The maximum absolute atomic E-state index is 8.53. The SMILES string of the molecule is COc1cc(/C=N/O)ccc1OCc1ccc(Cl)cc1Cl. The summed E-state index contributed by atoms with van der Waals surface area (Å²) in [5, 5.41) is 12.6. The van der Waals surface area contributed by atoms with Crippen LogP contribution in [0.1, 0.15) is 11.1 Å². The average Bonchev–Trinajstić information content (AvgIpc) is 2.47. The number of methoxy groups -OCH3 is 1. The summed E-state index contributed by atoms with van der Waals surface area (Å²) in [6.07, 6.45) is 1.31. The summed E-state index contributed by atoms with van der Waals surface area (Å²) < 4.78 is 11.0. The number of hydrogen-bond acceptors (Lipinski definition) is 4. The minimum absolute atomic E-state index is 0.291. The van der Waals surface area contributed by atoms with Crippen LogP contribution in [0.15, 0.2) is 41.6 Å². The molecule has 1 N–H and O–H groups in total. The third-order valence-electron chi connectivity index (χ3n) is 2.79. The van der Waals surface area contributed by atoms with Gasteiger partial charge in [-0.25, -0.2) is 0 Å². The topological polar surface area (TPSA) is 51.0 Å². The van der Waals surface area contributed by atoms with Crippen LogP contribution in [-0.2, 0) is 6.61 Å². The lowest BCUT2D eigenvalue weighted by Gasteiger charge is -2.12. The van der Waals surface area contributed by atoms with Crippen LogP contribution in [-0.4, -0.2) is 18.5 Å². The van der Waals surface area contributed by atoms with Crippen molar-refractivity contribution in [3.05, 3.63) is 57.6 Å². The van der Waals surface area contributed by atoms with Crippen molar-refractivity contribution >= 4 is 29.4 Å². The summed E-state index contributed by atoms with van der Waals surface area (Å²) in [6.45, 7) is 0.291. The van der Waals surface area contributed by atoms with Gasteiger partial charge in [0.1, 0.15) is 6.61 Å². The summed E-state index contributed by atoms with van der Waals surface area (Å²) in [6, 6.07) is 10.4. The van der Waals surface area contributed by atoms with Gasteiger partial charge in [0.15, 0.2) is 11.5 Å². The highest BCUT2D eigenvalue weighted by molar-refractivity contribution is 6.35. The molecule has 2 rings (SSSR count). The molecule has 2 aromatic rings. The summed E-state index contributed by atoms with van der Waals surface area (Å²) in [5.41, 5.74) is 1.52. The van der Waals surface area contributed by atoms with Gasteiger partial charge in [0.05, 0.1) is 13.3 Å². The van der Waals surface area contributed by atoms with Gasteiger partial charge in [-0.3, -0.25) is 0 Å². The van der Waals surface area contributed by atoms with Gasteiger partial charge in [0.2, 0.25) is 0 Å². The molecule has 0 heterocycles. The van der Waals surface area contributed by atoms with E-state index in [1.54, 1.807) is 30.3 Å². The van der Waals surface area contributed by atoms with Crippen LogP contribution in [0, 0.1) is 0 Å². The predicted molar refractivity (Wildman–Crippen MR) is 83.2 cm³/mol. The zero-order valence-corrected chi connectivity index (χ0v) is 12.7. The number of nitrogens with zero attached hydrogens (tertiary/aromatic N) is 1. The van der Waals surface area contributed by atoms with Crippen molar-refractivity contribution < 1.29 is 14.7 Å². The third kappa shape index (κ3) is 4.03. The van der Waals surface area contributed by atoms with E-state index in [9.17, 15) is 0 Å². The van der Waals surface area contributed by atoms with E-state index >= 15 is 0 Å². The number of ether oxygens (including phenoxy) is 2. The molecule has 0 fully saturated rings. The van der Waals surface area contributed by atoms with Crippen molar-refractivity contribution in [3.8, 4) is 11.5 Å². The van der Waals surface area contributed by atoms with E-state index in [2.05, 4.69) is 5.16 Å². The number of rotatable bonds is 5. The highest BCUT2D eigenvalue weighted by Gasteiger charge is 2.07. The van der Waals surface area contributed by atoms with E-state index in [1.165, 1.54) is 13.3 Å². The Hall–Kier alpha value is -1.91. The van der Waals surface area contributed by atoms with Crippen LogP contribution in [0.3, 0.4) is 0 Å². The Morgan fingerprint density at radius 1 is 1.14 bits per heavy atom. The van der Waals surface area contributed by atoms with Crippen LogP contribution in [0.5, 0.6) is 11.5 Å². The van der Waals surface area contributed by atoms with Crippen LogP contribution in [0.4, 0.5) is 0 Å². The number of benzene rings is 2. The lowest BCUT2D eigenvalue weighted by atomic mass is 10.2. The second-order valence-corrected chi connectivity index (χ2v) is 5.02. The maximum Gasteiger partial charge on any atom is 0.161 e. The smallest absolute Gasteiger partial charge is 0.161 e. The highest BCUT2D eigenvalue weighted by atomic mass is 35.5. The number of oxime groups is 1. The molecule has 2 aromatic carbocycles. The standard InChI is InChI=1S/C15H13Cl2NO3/c1-20-15-6-10(8-18-19)2-5-14(15)21-9-11-3-4-12(16)7-13(11)17/h2-8,19H,9H2,1H3/b18-8+. The lowest BCUT2D eigenvalue weighted by molar-refractivity contribution is 0.284. The van der Waals surface area contributed by atoms with Crippen molar-refractivity contribution in [2.75, 3.05) is 7.11 Å². The van der Waals surface area contributed by atoms with E-state index in [0.29, 0.717) is 33.7 Å². The predicted octanol–water partition coefficient (Wildman–Crippen LogP) is 4.39. The summed E-state index contributed by atoms with van der Waals surface area (Å²) in [5.74, 6) is 1.11. The zero-order chi connectivity index (χ0) is 15.2. The molecule has 0 aliphatic rings. The van der Waals surface area contributed by atoms with E-state index in [4.69, 9.17) is 37.9 Å². The van der Waals surface area contributed by atoms with Crippen molar-refractivity contribution in [1.82, 2.24) is 0 Å². The maximum atomic E-state index is 8.53. The van der Waals surface area contributed by atoms with Crippen molar-refractivity contribution in [2.24, 2.45) is 5.16 Å². The molecule has 0 aliphatic heterocycles. The van der Waals surface area contributed by atoms with Crippen LogP contribution in [0.2, 0.25) is 10.0 Å². The Balaban J connectivity index is 2.15. The monoisotopic (exact) mass is 325 g/mol. The van der Waals surface area contributed by atoms with Gasteiger partial charge in [-0.2, -0.15) is 0 Å². The first-order chi connectivity index (χ1) is 10.1. The quantitative estimate of drug-likeness (QED) is 0.504. The molecule has 21 heavy (non-hydrogen) atoms. The fourth-order valence-corrected chi connectivity index (χ4v) is 2.21. The molecule has 0 saturated heterocycles. The minimum atomic E-state index is 0.291. The molecule has 0 aliphatic carbocycles. The minimum Gasteiger partial charge on any atom is -0.493 e. The van der Waals surface area contributed by atoms with Gasteiger partial charge in [-0.05, 0) is 30.3 Å². The molecule has 0 bridgehead atoms. The molecule has 0 aromatic heterocycles.